The van der Waals surface area contributed by atoms with Gasteiger partial charge in [-0.25, -0.2) is 0 Å². The van der Waals surface area contributed by atoms with E-state index < -0.39 is 0 Å². The fourth-order valence-electron chi connectivity index (χ4n) is 2.20. The van der Waals surface area contributed by atoms with Gasteiger partial charge in [0.1, 0.15) is 0 Å². The largest absolute Gasteiger partial charge is 0.0843 e. The number of halogens is 3. The molecule has 112 valence electrons. The van der Waals surface area contributed by atoms with Gasteiger partial charge in [-0.05, 0) is 46.7 Å². The van der Waals surface area contributed by atoms with E-state index in [1.807, 2.05) is 12.1 Å². The second-order valence-electron chi connectivity index (χ2n) is 5.89. The number of benzene rings is 2. The Morgan fingerprint density at radius 1 is 1.05 bits per heavy atom. The molecule has 0 spiro atoms. The van der Waals surface area contributed by atoms with E-state index in [9.17, 15) is 0 Å². The molecule has 0 radical (unpaired) electrons. The molecule has 0 aliphatic heterocycles. The molecule has 0 aliphatic carbocycles. The summed E-state index contributed by atoms with van der Waals surface area (Å²) in [5, 5.41) is 1.42. The van der Waals surface area contributed by atoms with Crippen LogP contribution in [-0.4, -0.2) is 0 Å². The second kappa shape index (κ2) is 6.73. The molecule has 1 atom stereocenters. The minimum atomic E-state index is 0.0440. The van der Waals surface area contributed by atoms with Gasteiger partial charge >= 0.3 is 0 Å². The van der Waals surface area contributed by atoms with Crippen molar-refractivity contribution < 1.29 is 0 Å². The van der Waals surface area contributed by atoms with E-state index in [-0.39, 0.29) is 10.2 Å². The van der Waals surface area contributed by atoms with Crippen LogP contribution in [0, 0.1) is 0 Å². The summed E-state index contributed by atoms with van der Waals surface area (Å²) in [5.41, 5.74) is 3.72. The predicted octanol–water partition coefficient (Wildman–Crippen LogP) is 7.17. The van der Waals surface area contributed by atoms with E-state index in [1.54, 1.807) is 6.07 Å². The van der Waals surface area contributed by atoms with Gasteiger partial charge in [0.25, 0.3) is 0 Å². The van der Waals surface area contributed by atoms with E-state index in [2.05, 4.69) is 61.0 Å². The van der Waals surface area contributed by atoms with Crippen LogP contribution < -0.4 is 0 Å². The average Bonchev–Trinajstić information content (AvgIpc) is 2.49. The lowest BCUT2D eigenvalue weighted by atomic mass is 9.82. The first-order chi connectivity index (χ1) is 9.85. The van der Waals surface area contributed by atoms with Crippen molar-refractivity contribution in [3.63, 3.8) is 0 Å². The molecule has 3 heteroatoms. The van der Waals surface area contributed by atoms with Crippen LogP contribution in [-0.2, 0) is 5.41 Å². The Kier molecular flexibility index (Phi) is 5.40. The molecule has 0 aliphatic rings. The second-order valence-corrected chi connectivity index (χ2v) is 7.65. The topological polar surface area (TPSA) is 0 Å². The third-order valence-corrected chi connectivity index (χ3v) is 5.70. The fraction of sp³-hybridized carbons (Fsp3) is 0.333. The number of hydrogen-bond acceptors (Lipinski definition) is 0. The standard InChI is InChI=1S/C18H19BrCl2/c1-4-18(2,3)13-7-5-12(6-8-13)17(19)15-11-14(20)9-10-16(15)21/h5-11,17H,4H2,1-3H3. The third kappa shape index (κ3) is 3.83. The normalized spacial score (nSPS) is 13.2. The minimum Gasteiger partial charge on any atom is -0.0843 e. The molecule has 0 saturated carbocycles. The summed E-state index contributed by atoms with van der Waals surface area (Å²) < 4.78 is 0. The number of rotatable bonds is 4. The van der Waals surface area contributed by atoms with Crippen molar-refractivity contribution >= 4 is 39.1 Å². The van der Waals surface area contributed by atoms with Gasteiger partial charge in [0.05, 0.1) is 4.83 Å². The molecule has 0 N–H and O–H groups in total. The molecular formula is C18H19BrCl2. The monoisotopic (exact) mass is 384 g/mol. The third-order valence-electron chi connectivity index (χ3n) is 4.10. The Morgan fingerprint density at radius 2 is 1.67 bits per heavy atom. The van der Waals surface area contributed by atoms with Gasteiger partial charge in [0.2, 0.25) is 0 Å². The molecule has 21 heavy (non-hydrogen) atoms. The van der Waals surface area contributed by atoms with Gasteiger partial charge in [0, 0.05) is 10.0 Å². The van der Waals surface area contributed by atoms with E-state index >= 15 is 0 Å². The zero-order valence-corrected chi connectivity index (χ0v) is 15.6. The first kappa shape index (κ1) is 16.9. The maximum atomic E-state index is 6.28. The molecule has 0 heterocycles. The lowest BCUT2D eigenvalue weighted by Gasteiger charge is -2.24. The summed E-state index contributed by atoms with van der Waals surface area (Å²) in [4.78, 5) is 0.0440. The highest BCUT2D eigenvalue weighted by atomic mass is 79.9. The number of alkyl halides is 1. The molecule has 0 aromatic heterocycles. The van der Waals surface area contributed by atoms with Gasteiger partial charge in [-0.1, -0.05) is 84.2 Å². The Bertz CT molecular complexity index is 618. The first-order valence-corrected chi connectivity index (χ1v) is 8.72. The van der Waals surface area contributed by atoms with Crippen LogP contribution in [0.4, 0.5) is 0 Å². The zero-order chi connectivity index (χ0) is 15.6. The van der Waals surface area contributed by atoms with Crippen LogP contribution in [0.5, 0.6) is 0 Å². The highest BCUT2D eigenvalue weighted by Gasteiger charge is 2.19. The first-order valence-electron chi connectivity index (χ1n) is 7.04. The molecule has 2 aromatic carbocycles. The Labute approximate surface area is 145 Å². The molecular weight excluding hydrogens is 367 g/mol. The molecule has 2 aromatic rings. The fourth-order valence-corrected chi connectivity index (χ4v) is 3.42. The summed E-state index contributed by atoms with van der Waals surface area (Å²) in [5.74, 6) is 0. The average molecular weight is 386 g/mol. The Hall–Kier alpha value is -0.500. The van der Waals surface area contributed by atoms with Crippen molar-refractivity contribution in [2.75, 3.05) is 0 Å². The molecule has 0 nitrogen and oxygen atoms in total. The maximum absolute atomic E-state index is 6.28. The Balaban J connectivity index is 2.32. The van der Waals surface area contributed by atoms with Gasteiger partial charge in [-0.3, -0.25) is 0 Å². The van der Waals surface area contributed by atoms with Crippen molar-refractivity contribution in [3.05, 3.63) is 69.2 Å². The van der Waals surface area contributed by atoms with Crippen molar-refractivity contribution in [3.8, 4) is 0 Å². The van der Waals surface area contributed by atoms with Gasteiger partial charge in [0.15, 0.2) is 0 Å². The Morgan fingerprint density at radius 3 is 2.24 bits per heavy atom. The molecule has 1 unspecified atom stereocenters. The van der Waals surface area contributed by atoms with Crippen molar-refractivity contribution in [2.24, 2.45) is 0 Å². The van der Waals surface area contributed by atoms with Gasteiger partial charge < -0.3 is 0 Å². The molecule has 2 rings (SSSR count). The van der Waals surface area contributed by atoms with Crippen LogP contribution in [0.15, 0.2) is 42.5 Å². The summed E-state index contributed by atoms with van der Waals surface area (Å²) >= 11 is 16.1. The van der Waals surface area contributed by atoms with Crippen LogP contribution in [0.1, 0.15) is 48.7 Å². The summed E-state index contributed by atoms with van der Waals surface area (Å²) in [6.45, 7) is 6.75. The van der Waals surface area contributed by atoms with Gasteiger partial charge in [-0.2, -0.15) is 0 Å². The maximum Gasteiger partial charge on any atom is 0.0659 e. The summed E-state index contributed by atoms with van der Waals surface area (Å²) in [6.07, 6.45) is 1.12. The van der Waals surface area contributed by atoms with Crippen molar-refractivity contribution in [1.82, 2.24) is 0 Å². The van der Waals surface area contributed by atoms with E-state index in [0.717, 1.165) is 17.0 Å². The van der Waals surface area contributed by atoms with E-state index in [0.29, 0.717) is 5.02 Å². The van der Waals surface area contributed by atoms with E-state index in [4.69, 9.17) is 23.2 Å². The van der Waals surface area contributed by atoms with E-state index in [1.165, 1.54) is 11.1 Å². The van der Waals surface area contributed by atoms with Crippen LogP contribution in [0.2, 0.25) is 10.0 Å². The smallest absolute Gasteiger partial charge is 0.0659 e. The van der Waals surface area contributed by atoms with Gasteiger partial charge in [-0.15, -0.1) is 0 Å². The highest BCUT2D eigenvalue weighted by Crippen LogP contribution is 2.37. The minimum absolute atomic E-state index is 0.0440. The van der Waals surface area contributed by atoms with Crippen LogP contribution in [0.25, 0.3) is 0 Å². The predicted molar refractivity (Wildman–Crippen MR) is 97.0 cm³/mol. The quantitative estimate of drug-likeness (QED) is 0.489. The highest BCUT2D eigenvalue weighted by molar-refractivity contribution is 9.09. The molecule has 0 saturated heterocycles. The molecule has 0 fully saturated rings. The van der Waals surface area contributed by atoms with Crippen LogP contribution in [0.3, 0.4) is 0 Å². The lowest BCUT2D eigenvalue weighted by molar-refractivity contribution is 0.506. The number of hydrogen-bond donors (Lipinski definition) is 0. The molecule has 0 amide bonds. The SMILES string of the molecule is CCC(C)(C)c1ccc(C(Br)c2cc(Cl)ccc2Cl)cc1. The van der Waals surface area contributed by atoms with Crippen molar-refractivity contribution in [2.45, 2.75) is 37.4 Å². The zero-order valence-electron chi connectivity index (χ0n) is 12.5. The molecule has 0 bridgehead atoms. The summed E-state index contributed by atoms with van der Waals surface area (Å²) in [7, 11) is 0. The van der Waals surface area contributed by atoms with Crippen molar-refractivity contribution in [1.29, 1.82) is 0 Å². The lowest BCUT2D eigenvalue weighted by Crippen LogP contribution is -2.15. The summed E-state index contributed by atoms with van der Waals surface area (Å²) in [6, 6.07) is 14.3. The van der Waals surface area contributed by atoms with Crippen LogP contribution >= 0.6 is 39.1 Å².